The first-order valence-electron chi connectivity index (χ1n) is 5.30. The maximum absolute atomic E-state index is 12.1. The summed E-state index contributed by atoms with van der Waals surface area (Å²) in [5.74, 6) is 0.943. The molecule has 0 N–H and O–H groups in total. The largest absolute Gasteiger partial charge is 0.339 e. The molecule has 2 rings (SSSR count). The standard InChI is InChI=1S/C11H13BrINOS/c12-6-8-1-3-14(4-2-8)11(15)9-5-10(13)16-7-9/h5,7-8H,1-4,6H2. The van der Waals surface area contributed by atoms with E-state index in [1.54, 1.807) is 11.3 Å². The predicted octanol–water partition coefficient (Wildman–Crippen LogP) is 3.60. The van der Waals surface area contributed by atoms with Gasteiger partial charge >= 0.3 is 0 Å². The number of halogens is 2. The number of carbonyl (C=O) groups is 1. The summed E-state index contributed by atoms with van der Waals surface area (Å²) in [4.78, 5) is 14.1. The van der Waals surface area contributed by atoms with Crippen LogP contribution >= 0.6 is 49.9 Å². The summed E-state index contributed by atoms with van der Waals surface area (Å²) in [6.45, 7) is 1.81. The van der Waals surface area contributed by atoms with Crippen molar-refractivity contribution >= 4 is 55.8 Å². The van der Waals surface area contributed by atoms with Crippen LogP contribution in [0.3, 0.4) is 0 Å². The topological polar surface area (TPSA) is 20.3 Å². The Hall–Kier alpha value is 0.380. The molecule has 0 saturated carbocycles. The molecule has 5 heteroatoms. The highest BCUT2D eigenvalue weighted by atomic mass is 127. The molecule has 1 aliphatic rings. The minimum absolute atomic E-state index is 0.201. The number of likely N-dealkylation sites (tertiary alicyclic amines) is 1. The second-order valence-electron chi connectivity index (χ2n) is 4.03. The highest BCUT2D eigenvalue weighted by Crippen LogP contribution is 2.23. The number of hydrogen-bond donors (Lipinski definition) is 0. The second kappa shape index (κ2) is 5.82. The van der Waals surface area contributed by atoms with Gasteiger partial charge in [-0.1, -0.05) is 15.9 Å². The van der Waals surface area contributed by atoms with E-state index in [2.05, 4.69) is 38.5 Å². The van der Waals surface area contributed by atoms with Crippen molar-refractivity contribution in [1.82, 2.24) is 4.90 Å². The highest BCUT2D eigenvalue weighted by molar-refractivity contribution is 14.1. The Kier molecular flexibility index (Phi) is 4.66. The van der Waals surface area contributed by atoms with E-state index in [9.17, 15) is 4.79 Å². The van der Waals surface area contributed by atoms with Gasteiger partial charge in [-0.15, -0.1) is 11.3 Å². The molecule has 1 amide bonds. The van der Waals surface area contributed by atoms with Crippen molar-refractivity contribution in [3.63, 3.8) is 0 Å². The molecule has 0 spiro atoms. The number of alkyl halides is 1. The SMILES string of the molecule is O=C(c1csc(I)c1)N1CCC(CBr)CC1. The summed E-state index contributed by atoms with van der Waals surface area (Å²) >= 11 is 7.40. The molecule has 2 heterocycles. The van der Waals surface area contributed by atoms with Gasteiger partial charge in [0.1, 0.15) is 0 Å². The zero-order valence-corrected chi connectivity index (χ0v) is 13.3. The average molecular weight is 414 g/mol. The monoisotopic (exact) mass is 413 g/mol. The molecule has 1 saturated heterocycles. The number of carbonyl (C=O) groups excluding carboxylic acids is 1. The van der Waals surface area contributed by atoms with Crippen LogP contribution in [0.4, 0.5) is 0 Å². The van der Waals surface area contributed by atoms with Crippen molar-refractivity contribution in [2.75, 3.05) is 18.4 Å². The van der Waals surface area contributed by atoms with E-state index in [-0.39, 0.29) is 5.91 Å². The number of rotatable bonds is 2. The fourth-order valence-electron chi connectivity index (χ4n) is 1.90. The van der Waals surface area contributed by atoms with Crippen molar-refractivity contribution in [3.05, 3.63) is 19.9 Å². The van der Waals surface area contributed by atoms with Gasteiger partial charge in [0.05, 0.1) is 8.45 Å². The van der Waals surface area contributed by atoms with Gasteiger partial charge in [0.25, 0.3) is 5.91 Å². The van der Waals surface area contributed by atoms with Crippen molar-refractivity contribution in [1.29, 1.82) is 0 Å². The van der Waals surface area contributed by atoms with Crippen LogP contribution in [-0.4, -0.2) is 29.2 Å². The number of hydrogen-bond acceptors (Lipinski definition) is 2. The lowest BCUT2D eigenvalue weighted by Gasteiger charge is -2.31. The predicted molar refractivity (Wildman–Crippen MR) is 79.5 cm³/mol. The van der Waals surface area contributed by atoms with Crippen LogP contribution in [0.2, 0.25) is 0 Å². The van der Waals surface area contributed by atoms with Crippen molar-refractivity contribution in [2.24, 2.45) is 5.92 Å². The number of nitrogens with zero attached hydrogens (tertiary/aromatic N) is 1. The van der Waals surface area contributed by atoms with E-state index in [4.69, 9.17) is 0 Å². The van der Waals surface area contributed by atoms with Crippen LogP contribution in [-0.2, 0) is 0 Å². The Morgan fingerprint density at radius 1 is 1.56 bits per heavy atom. The summed E-state index contributed by atoms with van der Waals surface area (Å²) in [5, 5.41) is 3.02. The molecule has 88 valence electrons. The van der Waals surface area contributed by atoms with Crippen LogP contribution < -0.4 is 0 Å². The number of piperidine rings is 1. The van der Waals surface area contributed by atoms with E-state index in [1.807, 2.05) is 16.3 Å². The minimum atomic E-state index is 0.201. The van der Waals surface area contributed by atoms with Gasteiger partial charge in [0, 0.05) is 23.8 Å². The molecule has 0 bridgehead atoms. The molecule has 1 fully saturated rings. The summed E-state index contributed by atoms with van der Waals surface area (Å²) < 4.78 is 1.18. The maximum Gasteiger partial charge on any atom is 0.254 e. The minimum Gasteiger partial charge on any atom is -0.339 e. The Labute approximate surface area is 122 Å². The fraction of sp³-hybridized carbons (Fsp3) is 0.545. The zero-order chi connectivity index (χ0) is 11.5. The van der Waals surface area contributed by atoms with Gasteiger partial charge in [-0.05, 0) is 47.4 Å². The molecule has 0 atom stereocenters. The summed E-state index contributed by atoms with van der Waals surface area (Å²) in [6, 6.07) is 1.98. The smallest absolute Gasteiger partial charge is 0.254 e. The van der Waals surface area contributed by atoms with Crippen LogP contribution in [0.5, 0.6) is 0 Å². The first-order valence-corrected chi connectivity index (χ1v) is 8.38. The molecule has 1 aliphatic heterocycles. The van der Waals surface area contributed by atoms with Gasteiger partial charge in [-0.2, -0.15) is 0 Å². The molecule has 0 unspecified atom stereocenters. The third-order valence-corrected chi connectivity index (χ3v) is 5.64. The van der Waals surface area contributed by atoms with E-state index < -0.39 is 0 Å². The lowest BCUT2D eigenvalue weighted by molar-refractivity contribution is 0.0699. The Morgan fingerprint density at radius 2 is 2.25 bits per heavy atom. The molecule has 16 heavy (non-hydrogen) atoms. The summed E-state index contributed by atoms with van der Waals surface area (Å²) in [7, 11) is 0. The van der Waals surface area contributed by atoms with Gasteiger partial charge < -0.3 is 4.90 Å². The van der Waals surface area contributed by atoms with E-state index in [0.717, 1.165) is 42.7 Å². The maximum atomic E-state index is 12.1. The van der Waals surface area contributed by atoms with Crippen molar-refractivity contribution in [2.45, 2.75) is 12.8 Å². The van der Waals surface area contributed by atoms with Crippen LogP contribution in [0, 0.1) is 8.80 Å². The highest BCUT2D eigenvalue weighted by Gasteiger charge is 2.23. The van der Waals surface area contributed by atoms with Crippen molar-refractivity contribution in [3.8, 4) is 0 Å². The molecular weight excluding hydrogens is 401 g/mol. The Balaban J connectivity index is 1.96. The molecular formula is C11H13BrINOS. The molecule has 1 aromatic heterocycles. The van der Waals surface area contributed by atoms with E-state index in [0.29, 0.717) is 0 Å². The average Bonchev–Trinajstić information content (AvgIpc) is 2.75. The lowest BCUT2D eigenvalue weighted by Crippen LogP contribution is -2.38. The Morgan fingerprint density at radius 3 is 2.75 bits per heavy atom. The third kappa shape index (κ3) is 2.98. The number of thiophene rings is 1. The quantitative estimate of drug-likeness (QED) is 0.535. The lowest BCUT2D eigenvalue weighted by atomic mass is 9.99. The second-order valence-corrected chi connectivity index (χ2v) is 7.48. The van der Waals surface area contributed by atoms with Gasteiger partial charge in [-0.25, -0.2) is 0 Å². The molecule has 0 aromatic carbocycles. The van der Waals surface area contributed by atoms with Gasteiger partial charge in [0.2, 0.25) is 0 Å². The number of amides is 1. The first-order chi connectivity index (χ1) is 7.70. The molecule has 0 aliphatic carbocycles. The third-order valence-electron chi connectivity index (χ3n) is 2.93. The van der Waals surface area contributed by atoms with Gasteiger partial charge in [0.15, 0.2) is 0 Å². The molecule has 1 aromatic rings. The fourth-order valence-corrected chi connectivity index (χ4v) is 3.86. The Bertz CT molecular complexity index is 374. The zero-order valence-electron chi connectivity index (χ0n) is 8.79. The van der Waals surface area contributed by atoms with Crippen LogP contribution in [0.15, 0.2) is 11.4 Å². The molecule has 2 nitrogen and oxygen atoms in total. The van der Waals surface area contributed by atoms with Crippen molar-refractivity contribution < 1.29 is 4.79 Å². The summed E-state index contributed by atoms with van der Waals surface area (Å²) in [5.41, 5.74) is 0.853. The van der Waals surface area contributed by atoms with Gasteiger partial charge in [-0.3, -0.25) is 4.79 Å². The first kappa shape index (κ1) is 12.8. The van der Waals surface area contributed by atoms with E-state index in [1.165, 1.54) is 2.88 Å². The molecule has 0 radical (unpaired) electrons. The normalized spacial score (nSPS) is 17.8. The van der Waals surface area contributed by atoms with Crippen LogP contribution in [0.25, 0.3) is 0 Å². The summed E-state index contributed by atoms with van der Waals surface area (Å²) in [6.07, 6.45) is 2.25. The van der Waals surface area contributed by atoms with Crippen LogP contribution in [0.1, 0.15) is 23.2 Å². The van der Waals surface area contributed by atoms with E-state index >= 15 is 0 Å².